The van der Waals surface area contributed by atoms with Crippen molar-refractivity contribution in [3.63, 3.8) is 0 Å². The molecule has 2 aromatic rings. The van der Waals surface area contributed by atoms with Gasteiger partial charge in [-0.05, 0) is 49.2 Å². The highest BCUT2D eigenvalue weighted by Gasteiger charge is 2.33. The van der Waals surface area contributed by atoms with Crippen LogP contribution in [0.1, 0.15) is 34.3 Å². The zero-order valence-corrected chi connectivity index (χ0v) is 16.1. The number of amides is 2. The highest BCUT2D eigenvalue weighted by molar-refractivity contribution is 5.96. The summed E-state index contributed by atoms with van der Waals surface area (Å²) in [7, 11) is 0. The minimum absolute atomic E-state index is 0.0267. The second-order valence-electron chi connectivity index (χ2n) is 7.24. The highest BCUT2D eigenvalue weighted by Crippen LogP contribution is 2.32. The Kier molecular flexibility index (Phi) is 6.28. The van der Waals surface area contributed by atoms with Crippen molar-refractivity contribution in [1.82, 2.24) is 4.90 Å². The molecule has 0 bridgehead atoms. The average molecular weight is 444 g/mol. The van der Waals surface area contributed by atoms with Crippen LogP contribution in [0.2, 0.25) is 0 Å². The number of benzene rings is 2. The maximum atomic E-state index is 12.9. The molecule has 4 nitrogen and oxygen atoms in total. The van der Waals surface area contributed by atoms with Crippen LogP contribution < -0.4 is 5.32 Å². The first kappa shape index (κ1) is 22.6. The van der Waals surface area contributed by atoms with Gasteiger partial charge in [0.2, 0.25) is 5.91 Å². The predicted octanol–water partition coefficient (Wildman–Crippen LogP) is 5.22. The van der Waals surface area contributed by atoms with Gasteiger partial charge >= 0.3 is 12.4 Å². The summed E-state index contributed by atoms with van der Waals surface area (Å²) in [5.74, 6) is -1.89. The fraction of sp³-hybridized carbons (Fsp3) is 0.333. The number of anilines is 1. The molecule has 1 N–H and O–H groups in total. The second-order valence-corrected chi connectivity index (χ2v) is 7.24. The van der Waals surface area contributed by atoms with Crippen LogP contribution in [0.25, 0.3) is 0 Å². The first-order valence-electron chi connectivity index (χ1n) is 9.40. The Hall–Kier alpha value is -3.04. The molecule has 31 heavy (non-hydrogen) atoms. The number of hydrogen-bond donors (Lipinski definition) is 1. The molecule has 3 rings (SSSR count). The molecule has 1 aliphatic rings. The molecule has 1 atom stereocenters. The number of hydrogen-bond acceptors (Lipinski definition) is 2. The van der Waals surface area contributed by atoms with E-state index in [2.05, 4.69) is 5.32 Å². The molecule has 10 heteroatoms. The molecule has 2 amide bonds. The monoisotopic (exact) mass is 444 g/mol. The van der Waals surface area contributed by atoms with E-state index in [1.54, 1.807) is 0 Å². The first-order valence-corrected chi connectivity index (χ1v) is 9.40. The van der Waals surface area contributed by atoms with Crippen LogP contribution in [0.3, 0.4) is 0 Å². The summed E-state index contributed by atoms with van der Waals surface area (Å²) < 4.78 is 77.2. The van der Waals surface area contributed by atoms with Crippen LogP contribution in [0.4, 0.5) is 32.0 Å². The van der Waals surface area contributed by atoms with E-state index >= 15 is 0 Å². The fourth-order valence-corrected chi connectivity index (χ4v) is 3.40. The van der Waals surface area contributed by atoms with Crippen molar-refractivity contribution in [3.8, 4) is 0 Å². The molecule has 0 aliphatic carbocycles. The third kappa shape index (κ3) is 5.56. The second kappa shape index (κ2) is 8.60. The lowest BCUT2D eigenvalue weighted by Gasteiger charge is -2.32. The zero-order chi connectivity index (χ0) is 22.8. The summed E-state index contributed by atoms with van der Waals surface area (Å²) >= 11 is 0. The van der Waals surface area contributed by atoms with Crippen LogP contribution in [0, 0.1) is 5.92 Å². The lowest BCUT2D eigenvalue weighted by molar-refractivity contribution is -0.138. The number of piperidine rings is 1. The van der Waals surface area contributed by atoms with E-state index < -0.39 is 41.2 Å². The highest BCUT2D eigenvalue weighted by atomic mass is 19.4. The largest absolute Gasteiger partial charge is 0.416 e. The predicted molar refractivity (Wildman–Crippen MR) is 100 cm³/mol. The summed E-state index contributed by atoms with van der Waals surface area (Å²) in [6, 6.07) is 8.21. The van der Waals surface area contributed by atoms with Crippen molar-refractivity contribution in [1.29, 1.82) is 0 Å². The van der Waals surface area contributed by atoms with E-state index in [-0.39, 0.29) is 24.3 Å². The van der Waals surface area contributed by atoms with Gasteiger partial charge < -0.3 is 10.2 Å². The molecule has 1 aliphatic heterocycles. The van der Waals surface area contributed by atoms with E-state index in [1.165, 1.54) is 23.1 Å². The quantitative estimate of drug-likeness (QED) is 0.661. The number of rotatable bonds is 3. The number of nitrogens with one attached hydrogen (secondary N) is 1. The Morgan fingerprint density at radius 3 is 2.16 bits per heavy atom. The minimum Gasteiger partial charge on any atom is -0.338 e. The third-order valence-electron chi connectivity index (χ3n) is 4.97. The molecule has 0 saturated carbocycles. The summed E-state index contributed by atoms with van der Waals surface area (Å²) in [5, 5.41) is 2.43. The molecule has 0 spiro atoms. The van der Waals surface area contributed by atoms with Gasteiger partial charge in [-0.3, -0.25) is 9.59 Å². The number of nitrogens with zero attached hydrogens (tertiary/aromatic N) is 1. The summed E-state index contributed by atoms with van der Waals surface area (Å²) in [5.41, 5.74) is -2.03. The van der Waals surface area contributed by atoms with Crippen LogP contribution >= 0.6 is 0 Å². The van der Waals surface area contributed by atoms with Gasteiger partial charge in [0, 0.05) is 24.3 Å². The van der Waals surface area contributed by atoms with E-state index in [0.717, 1.165) is 30.3 Å². The Morgan fingerprint density at radius 2 is 1.52 bits per heavy atom. The van der Waals surface area contributed by atoms with Gasteiger partial charge in [-0.25, -0.2) is 0 Å². The number of carbonyl (C=O) groups is 2. The number of likely N-dealkylation sites (tertiary alicyclic amines) is 1. The van der Waals surface area contributed by atoms with Gasteiger partial charge in [-0.1, -0.05) is 12.1 Å². The number of alkyl halides is 6. The standard InChI is InChI=1S/C21H18F6N2O2/c22-20(23,24)15-6-1-4-13(10-15)19(31)29-9-3-5-14(12-29)18(30)28-17-8-2-7-16(11-17)21(25,26)27/h1-2,4,6-8,10-11,14H,3,5,9,12H2,(H,28,30). The van der Waals surface area contributed by atoms with Crippen molar-refractivity contribution in [2.75, 3.05) is 18.4 Å². The number of carbonyl (C=O) groups excluding carboxylic acids is 2. The molecular formula is C21H18F6N2O2. The Labute approximate surface area is 173 Å². The van der Waals surface area contributed by atoms with E-state index in [4.69, 9.17) is 0 Å². The van der Waals surface area contributed by atoms with Gasteiger partial charge in [0.25, 0.3) is 5.91 Å². The maximum Gasteiger partial charge on any atom is 0.416 e. The fourth-order valence-electron chi connectivity index (χ4n) is 3.40. The minimum atomic E-state index is -4.59. The van der Waals surface area contributed by atoms with Crippen LogP contribution in [0.5, 0.6) is 0 Å². The van der Waals surface area contributed by atoms with E-state index in [1.807, 2.05) is 0 Å². The van der Waals surface area contributed by atoms with E-state index in [9.17, 15) is 35.9 Å². The molecule has 1 unspecified atom stereocenters. The summed E-state index contributed by atoms with van der Waals surface area (Å²) in [4.78, 5) is 26.5. The topological polar surface area (TPSA) is 49.4 Å². The van der Waals surface area contributed by atoms with Gasteiger partial charge in [0.15, 0.2) is 0 Å². The van der Waals surface area contributed by atoms with E-state index in [0.29, 0.717) is 12.8 Å². The van der Waals surface area contributed by atoms with Crippen molar-refractivity contribution >= 4 is 17.5 Å². The Balaban J connectivity index is 1.69. The molecule has 0 aromatic heterocycles. The molecule has 1 fully saturated rings. The normalized spacial score (nSPS) is 17.4. The van der Waals surface area contributed by atoms with Crippen molar-refractivity contribution < 1.29 is 35.9 Å². The molecule has 166 valence electrons. The SMILES string of the molecule is O=C(Nc1cccc(C(F)(F)F)c1)C1CCCN(C(=O)c2cccc(C(F)(F)F)c2)C1. The maximum absolute atomic E-state index is 12.9. The smallest absolute Gasteiger partial charge is 0.338 e. The Bertz CT molecular complexity index is 971. The van der Waals surface area contributed by atoms with Crippen molar-refractivity contribution in [3.05, 3.63) is 65.2 Å². The van der Waals surface area contributed by atoms with Crippen LogP contribution in [-0.4, -0.2) is 29.8 Å². The summed E-state index contributed by atoms with van der Waals surface area (Å²) in [6.07, 6.45) is -8.31. The summed E-state index contributed by atoms with van der Waals surface area (Å²) in [6.45, 7) is 0.224. The third-order valence-corrected chi connectivity index (χ3v) is 4.97. The van der Waals surface area contributed by atoms with Gasteiger partial charge in [0.1, 0.15) is 0 Å². The van der Waals surface area contributed by atoms with Crippen molar-refractivity contribution in [2.24, 2.45) is 5.92 Å². The van der Waals surface area contributed by atoms with Crippen molar-refractivity contribution in [2.45, 2.75) is 25.2 Å². The van der Waals surface area contributed by atoms with Crippen LogP contribution in [-0.2, 0) is 17.1 Å². The molecule has 1 heterocycles. The van der Waals surface area contributed by atoms with Crippen LogP contribution in [0.15, 0.2) is 48.5 Å². The average Bonchev–Trinajstić information content (AvgIpc) is 2.72. The molecule has 2 aromatic carbocycles. The lowest BCUT2D eigenvalue weighted by atomic mass is 9.96. The lowest BCUT2D eigenvalue weighted by Crippen LogP contribution is -2.43. The van der Waals surface area contributed by atoms with Gasteiger partial charge in [-0.15, -0.1) is 0 Å². The molecule has 0 radical (unpaired) electrons. The first-order chi connectivity index (χ1) is 14.4. The van der Waals surface area contributed by atoms with Gasteiger partial charge in [0.05, 0.1) is 17.0 Å². The Morgan fingerprint density at radius 1 is 0.903 bits per heavy atom. The van der Waals surface area contributed by atoms with Gasteiger partial charge in [-0.2, -0.15) is 26.3 Å². The molecule has 1 saturated heterocycles. The zero-order valence-electron chi connectivity index (χ0n) is 16.1. The molecular weight excluding hydrogens is 426 g/mol. The number of halogens is 6.